The molecule has 170 valence electrons. The van der Waals surface area contributed by atoms with E-state index in [0.29, 0.717) is 29.4 Å². The third kappa shape index (κ3) is 4.15. The molecule has 1 N–H and O–H groups in total. The lowest BCUT2D eigenvalue weighted by Gasteiger charge is -2.34. The Hall–Kier alpha value is -3.11. The minimum atomic E-state index is -3.79. The van der Waals surface area contributed by atoms with Crippen LogP contribution in [0.1, 0.15) is 24.2 Å². The Labute approximate surface area is 187 Å². The van der Waals surface area contributed by atoms with Gasteiger partial charge in [-0.25, -0.2) is 8.42 Å². The highest BCUT2D eigenvalue weighted by atomic mass is 32.2. The zero-order chi connectivity index (χ0) is 22.9. The Kier molecular flexibility index (Phi) is 6.07. The Balaban J connectivity index is 1.47. The van der Waals surface area contributed by atoms with E-state index in [0.717, 1.165) is 0 Å². The summed E-state index contributed by atoms with van der Waals surface area (Å²) in [5, 5.41) is 2.67. The van der Waals surface area contributed by atoms with Gasteiger partial charge in [-0.1, -0.05) is 12.1 Å². The quantitative estimate of drug-likeness (QED) is 0.733. The molecule has 2 amide bonds. The van der Waals surface area contributed by atoms with E-state index in [1.54, 1.807) is 42.2 Å². The maximum absolute atomic E-state index is 13.2. The Bertz CT molecular complexity index is 1140. The second-order valence-corrected chi connectivity index (χ2v) is 9.47. The number of carbonyl (C=O) groups excluding carboxylic acids is 2. The fourth-order valence-electron chi connectivity index (χ4n) is 3.72. The van der Waals surface area contributed by atoms with E-state index in [-0.39, 0.29) is 42.9 Å². The van der Waals surface area contributed by atoms with Crippen LogP contribution in [-0.2, 0) is 14.8 Å². The van der Waals surface area contributed by atoms with Gasteiger partial charge in [0.1, 0.15) is 11.5 Å². The Morgan fingerprint density at radius 2 is 1.88 bits per heavy atom. The third-order valence-electron chi connectivity index (χ3n) is 5.46. The topological polar surface area (TPSA) is 105 Å². The second-order valence-electron chi connectivity index (χ2n) is 7.53. The first-order valence-electron chi connectivity index (χ1n) is 10.4. The molecule has 2 aliphatic heterocycles. The van der Waals surface area contributed by atoms with Crippen molar-refractivity contribution in [1.82, 2.24) is 9.21 Å². The van der Waals surface area contributed by atoms with Crippen molar-refractivity contribution < 1.29 is 27.5 Å². The van der Waals surface area contributed by atoms with Gasteiger partial charge in [-0.2, -0.15) is 4.31 Å². The van der Waals surface area contributed by atoms with Crippen molar-refractivity contribution in [3.8, 4) is 11.5 Å². The molecule has 0 spiro atoms. The standard InChI is InChI=1S/C22H25N3O6S/c1-3-30-19-7-5-4-6-17(19)22(27)24-10-12-25(13-11-24)32(28,29)16-8-9-20-18(14-16)23-21(26)15(2)31-20/h4-9,14-15H,3,10-13H2,1-2H3,(H,23,26). The maximum atomic E-state index is 13.2. The normalized spacial score (nSPS) is 19.0. The lowest BCUT2D eigenvalue weighted by atomic mass is 10.1. The number of nitrogens with zero attached hydrogens (tertiary/aromatic N) is 2. The van der Waals surface area contributed by atoms with Crippen LogP contribution in [0.4, 0.5) is 5.69 Å². The summed E-state index contributed by atoms with van der Waals surface area (Å²) in [6.07, 6.45) is -0.636. The first kappa shape index (κ1) is 22.1. The molecule has 2 aromatic carbocycles. The van der Waals surface area contributed by atoms with E-state index in [9.17, 15) is 18.0 Å². The molecule has 10 heteroatoms. The minimum absolute atomic E-state index is 0.0659. The van der Waals surface area contributed by atoms with E-state index in [1.165, 1.54) is 16.4 Å². The molecular weight excluding hydrogens is 434 g/mol. The predicted octanol–water partition coefficient (Wildman–Crippen LogP) is 1.95. The highest BCUT2D eigenvalue weighted by molar-refractivity contribution is 7.89. The number of ether oxygens (including phenoxy) is 2. The highest BCUT2D eigenvalue weighted by Crippen LogP contribution is 2.33. The first-order valence-corrected chi connectivity index (χ1v) is 11.9. The number of sulfonamides is 1. The summed E-state index contributed by atoms with van der Waals surface area (Å²) < 4.78 is 38.7. The number of anilines is 1. The van der Waals surface area contributed by atoms with E-state index in [4.69, 9.17) is 9.47 Å². The molecule has 2 aromatic rings. The fourth-order valence-corrected chi connectivity index (χ4v) is 5.17. The van der Waals surface area contributed by atoms with E-state index < -0.39 is 16.1 Å². The van der Waals surface area contributed by atoms with E-state index >= 15 is 0 Å². The van der Waals surface area contributed by atoms with Crippen LogP contribution in [0.5, 0.6) is 11.5 Å². The van der Waals surface area contributed by atoms with Crippen LogP contribution in [0.25, 0.3) is 0 Å². The number of fused-ring (bicyclic) bond motifs is 1. The lowest BCUT2D eigenvalue weighted by Crippen LogP contribution is -2.50. The van der Waals surface area contributed by atoms with Crippen LogP contribution in [-0.4, -0.2) is 68.3 Å². The van der Waals surface area contributed by atoms with Gasteiger partial charge in [0.05, 0.1) is 22.8 Å². The maximum Gasteiger partial charge on any atom is 0.265 e. The summed E-state index contributed by atoms with van der Waals surface area (Å²) >= 11 is 0. The summed E-state index contributed by atoms with van der Waals surface area (Å²) in [6.45, 7) is 4.78. The molecule has 2 heterocycles. The average molecular weight is 460 g/mol. The van der Waals surface area contributed by atoms with Crippen molar-refractivity contribution in [2.24, 2.45) is 0 Å². The van der Waals surface area contributed by atoms with Crippen LogP contribution in [0, 0.1) is 0 Å². The Morgan fingerprint density at radius 1 is 1.16 bits per heavy atom. The smallest absolute Gasteiger partial charge is 0.265 e. The Morgan fingerprint density at radius 3 is 2.59 bits per heavy atom. The molecule has 2 aliphatic rings. The molecule has 1 fully saturated rings. The van der Waals surface area contributed by atoms with Crippen LogP contribution in [0.15, 0.2) is 47.4 Å². The summed E-state index contributed by atoms with van der Waals surface area (Å²) in [6, 6.07) is 11.5. The van der Waals surface area contributed by atoms with Gasteiger partial charge in [0.2, 0.25) is 10.0 Å². The average Bonchev–Trinajstić information content (AvgIpc) is 2.80. The molecule has 32 heavy (non-hydrogen) atoms. The van der Waals surface area contributed by atoms with Gasteiger partial charge in [-0.15, -0.1) is 0 Å². The highest BCUT2D eigenvalue weighted by Gasteiger charge is 2.32. The largest absolute Gasteiger partial charge is 0.493 e. The van der Waals surface area contributed by atoms with Crippen molar-refractivity contribution in [2.75, 3.05) is 38.1 Å². The third-order valence-corrected chi connectivity index (χ3v) is 7.36. The number of nitrogens with one attached hydrogen (secondary N) is 1. The zero-order valence-electron chi connectivity index (χ0n) is 17.9. The molecule has 1 atom stereocenters. The number of amides is 2. The van der Waals surface area contributed by atoms with Gasteiger partial charge in [-0.05, 0) is 44.2 Å². The minimum Gasteiger partial charge on any atom is -0.493 e. The summed E-state index contributed by atoms with van der Waals surface area (Å²) in [7, 11) is -3.79. The first-order chi connectivity index (χ1) is 15.3. The zero-order valence-corrected chi connectivity index (χ0v) is 18.7. The van der Waals surface area contributed by atoms with Crippen LogP contribution in [0.3, 0.4) is 0 Å². The summed E-state index contributed by atoms with van der Waals surface area (Å²) in [5.41, 5.74) is 0.792. The summed E-state index contributed by atoms with van der Waals surface area (Å²) in [5.74, 6) is 0.433. The van der Waals surface area contributed by atoms with Gasteiger partial charge >= 0.3 is 0 Å². The number of piperazine rings is 1. The number of para-hydroxylation sites is 1. The molecule has 4 rings (SSSR count). The van der Waals surface area contributed by atoms with Crippen molar-refractivity contribution >= 4 is 27.5 Å². The molecule has 9 nitrogen and oxygen atoms in total. The number of hydrogen-bond donors (Lipinski definition) is 1. The number of rotatable bonds is 5. The number of hydrogen-bond acceptors (Lipinski definition) is 6. The van der Waals surface area contributed by atoms with Crippen LogP contribution >= 0.6 is 0 Å². The number of benzene rings is 2. The van der Waals surface area contributed by atoms with Crippen molar-refractivity contribution in [2.45, 2.75) is 24.8 Å². The number of carbonyl (C=O) groups is 2. The van der Waals surface area contributed by atoms with Gasteiger partial charge in [-0.3, -0.25) is 9.59 Å². The van der Waals surface area contributed by atoms with Crippen LogP contribution in [0.2, 0.25) is 0 Å². The predicted molar refractivity (Wildman–Crippen MR) is 117 cm³/mol. The molecule has 1 unspecified atom stereocenters. The van der Waals surface area contributed by atoms with E-state index in [1.807, 2.05) is 6.92 Å². The van der Waals surface area contributed by atoms with Crippen molar-refractivity contribution in [3.05, 3.63) is 48.0 Å². The molecular formula is C22H25N3O6S. The molecule has 1 saturated heterocycles. The monoisotopic (exact) mass is 459 g/mol. The van der Waals surface area contributed by atoms with Crippen LogP contribution < -0.4 is 14.8 Å². The molecule has 0 radical (unpaired) electrons. The second kappa shape index (κ2) is 8.79. The van der Waals surface area contributed by atoms with Gasteiger partial charge < -0.3 is 19.7 Å². The fraction of sp³-hybridized carbons (Fsp3) is 0.364. The van der Waals surface area contributed by atoms with E-state index in [2.05, 4.69) is 5.32 Å². The van der Waals surface area contributed by atoms with Gasteiger partial charge in [0.15, 0.2) is 6.10 Å². The molecule has 0 bridgehead atoms. The van der Waals surface area contributed by atoms with Gasteiger partial charge in [0.25, 0.3) is 11.8 Å². The molecule has 0 aromatic heterocycles. The molecule has 0 saturated carbocycles. The van der Waals surface area contributed by atoms with Crippen molar-refractivity contribution in [1.29, 1.82) is 0 Å². The van der Waals surface area contributed by atoms with Crippen molar-refractivity contribution in [3.63, 3.8) is 0 Å². The van der Waals surface area contributed by atoms with Gasteiger partial charge in [0, 0.05) is 26.2 Å². The SMILES string of the molecule is CCOc1ccccc1C(=O)N1CCN(S(=O)(=O)c2ccc3c(c2)NC(=O)C(C)O3)CC1. The molecule has 0 aliphatic carbocycles. The lowest BCUT2D eigenvalue weighted by molar-refractivity contribution is -0.122. The summed E-state index contributed by atoms with van der Waals surface area (Å²) in [4.78, 5) is 26.5.